The van der Waals surface area contributed by atoms with Gasteiger partial charge in [0.1, 0.15) is 0 Å². The van der Waals surface area contributed by atoms with Crippen molar-refractivity contribution in [3.63, 3.8) is 0 Å². The number of H-pyrrole nitrogens is 1. The number of nitrogens with zero attached hydrogens (tertiary/aromatic N) is 3. The lowest BCUT2D eigenvalue weighted by molar-refractivity contribution is 0.571. The molecule has 3 N–H and O–H groups in total. The first-order valence-electron chi connectivity index (χ1n) is 4.92. The number of fused-ring (bicyclic) bond motifs is 1. The van der Waals surface area contributed by atoms with Crippen LogP contribution in [0.5, 0.6) is 0 Å². The van der Waals surface area contributed by atoms with Gasteiger partial charge in [0.2, 0.25) is 0 Å². The van der Waals surface area contributed by atoms with E-state index in [1.165, 1.54) is 10.9 Å². The molecule has 16 heavy (non-hydrogen) atoms. The molecule has 2 aromatic rings. The van der Waals surface area contributed by atoms with Crippen LogP contribution in [0.3, 0.4) is 0 Å². The van der Waals surface area contributed by atoms with E-state index in [2.05, 4.69) is 9.97 Å². The van der Waals surface area contributed by atoms with E-state index in [-0.39, 0.29) is 6.04 Å². The van der Waals surface area contributed by atoms with Gasteiger partial charge < -0.3 is 10.3 Å². The summed E-state index contributed by atoms with van der Waals surface area (Å²) in [5.41, 5.74) is 5.38. The standard InChI is InChI=1S/C9H13N5O2/c1-5(3-10)14-4-11-7-6(14)8(15)12-9(16)13(7)2/h4-5H,3,10H2,1-2H3,(H,12,15,16). The Kier molecular flexibility index (Phi) is 2.39. The number of nitrogens with one attached hydrogen (secondary N) is 1. The van der Waals surface area contributed by atoms with Gasteiger partial charge in [0.15, 0.2) is 11.2 Å². The fourth-order valence-electron chi connectivity index (χ4n) is 1.60. The molecule has 0 spiro atoms. The number of hydrogen-bond acceptors (Lipinski definition) is 4. The molecule has 7 nitrogen and oxygen atoms in total. The number of hydrogen-bond donors (Lipinski definition) is 2. The summed E-state index contributed by atoms with van der Waals surface area (Å²) in [6.45, 7) is 2.28. The predicted octanol–water partition coefficient (Wildman–Crippen LogP) is -1.06. The van der Waals surface area contributed by atoms with Crippen molar-refractivity contribution >= 4 is 11.2 Å². The molecule has 0 saturated carbocycles. The minimum atomic E-state index is -0.469. The van der Waals surface area contributed by atoms with Gasteiger partial charge in [-0.3, -0.25) is 14.3 Å². The topological polar surface area (TPSA) is 98.7 Å². The van der Waals surface area contributed by atoms with Crippen LogP contribution in [0.4, 0.5) is 0 Å². The van der Waals surface area contributed by atoms with E-state index in [9.17, 15) is 9.59 Å². The van der Waals surface area contributed by atoms with Crippen LogP contribution in [0, 0.1) is 0 Å². The SMILES string of the molecule is CC(CN)n1cnc2c1c(=O)[nH]c(=O)n2C. The normalized spacial score (nSPS) is 13.2. The highest BCUT2D eigenvalue weighted by atomic mass is 16.2. The van der Waals surface area contributed by atoms with Crippen molar-refractivity contribution in [2.45, 2.75) is 13.0 Å². The molecule has 86 valence electrons. The Morgan fingerprint density at radius 2 is 2.25 bits per heavy atom. The second kappa shape index (κ2) is 3.60. The molecule has 1 atom stereocenters. The van der Waals surface area contributed by atoms with Gasteiger partial charge in [-0.25, -0.2) is 9.78 Å². The number of aromatic nitrogens is 4. The molecule has 7 heteroatoms. The smallest absolute Gasteiger partial charge is 0.328 e. The van der Waals surface area contributed by atoms with Crippen molar-refractivity contribution in [1.82, 2.24) is 19.1 Å². The summed E-state index contributed by atoms with van der Waals surface area (Å²) >= 11 is 0. The molecule has 2 heterocycles. The van der Waals surface area contributed by atoms with Crippen molar-refractivity contribution in [3.8, 4) is 0 Å². The van der Waals surface area contributed by atoms with Gasteiger partial charge in [-0.1, -0.05) is 0 Å². The van der Waals surface area contributed by atoms with Crippen LogP contribution in [-0.4, -0.2) is 25.6 Å². The van der Waals surface area contributed by atoms with Crippen LogP contribution >= 0.6 is 0 Å². The minimum Gasteiger partial charge on any atom is -0.328 e. The second-order valence-electron chi connectivity index (χ2n) is 3.73. The molecular formula is C9H13N5O2. The van der Waals surface area contributed by atoms with E-state index < -0.39 is 11.2 Å². The van der Waals surface area contributed by atoms with Gasteiger partial charge in [0.25, 0.3) is 5.56 Å². The van der Waals surface area contributed by atoms with Gasteiger partial charge >= 0.3 is 5.69 Å². The Morgan fingerprint density at radius 3 is 2.88 bits per heavy atom. The summed E-state index contributed by atoms with van der Waals surface area (Å²) in [4.78, 5) is 29.3. The van der Waals surface area contributed by atoms with Crippen LogP contribution in [-0.2, 0) is 7.05 Å². The van der Waals surface area contributed by atoms with Crippen molar-refractivity contribution in [2.75, 3.05) is 6.54 Å². The molecule has 0 aliphatic rings. The van der Waals surface area contributed by atoms with Gasteiger partial charge in [-0.05, 0) is 6.92 Å². The monoisotopic (exact) mass is 223 g/mol. The van der Waals surface area contributed by atoms with Gasteiger partial charge in [0, 0.05) is 19.6 Å². The quantitative estimate of drug-likeness (QED) is 0.678. The van der Waals surface area contributed by atoms with Gasteiger partial charge in [0.05, 0.1) is 6.33 Å². The largest absolute Gasteiger partial charge is 0.329 e. The third-order valence-corrected chi connectivity index (χ3v) is 2.65. The molecule has 2 aromatic heterocycles. The molecule has 2 rings (SSSR count). The van der Waals surface area contributed by atoms with Crippen molar-refractivity contribution in [2.24, 2.45) is 12.8 Å². The fraction of sp³-hybridized carbons (Fsp3) is 0.444. The molecule has 0 aliphatic heterocycles. The Hall–Kier alpha value is -1.89. The zero-order valence-corrected chi connectivity index (χ0v) is 9.10. The van der Waals surface area contributed by atoms with Crippen molar-refractivity contribution in [1.29, 1.82) is 0 Å². The number of imidazole rings is 1. The lowest BCUT2D eigenvalue weighted by Crippen LogP contribution is -2.30. The average Bonchev–Trinajstić information content (AvgIpc) is 2.70. The highest BCUT2D eigenvalue weighted by Crippen LogP contribution is 2.11. The summed E-state index contributed by atoms with van der Waals surface area (Å²) in [7, 11) is 1.56. The molecule has 0 amide bonds. The number of nitrogens with two attached hydrogens (primary N) is 1. The molecule has 0 saturated heterocycles. The lowest BCUT2D eigenvalue weighted by Gasteiger charge is -2.10. The first-order valence-corrected chi connectivity index (χ1v) is 4.92. The van der Waals surface area contributed by atoms with E-state index in [0.29, 0.717) is 17.7 Å². The minimum absolute atomic E-state index is 0.0383. The van der Waals surface area contributed by atoms with E-state index in [4.69, 9.17) is 5.73 Å². The Balaban J connectivity index is 2.88. The van der Waals surface area contributed by atoms with Crippen LogP contribution < -0.4 is 17.0 Å². The maximum atomic E-state index is 11.7. The third-order valence-electron chi connectivity index (χ3n) is 2.65. The predicted molar refractivity (Wildman–Crippen MR) is 59.4 cm³/mol. The zero-order chi connectivity index (χ0) is 11.9. The number of aromatic amines is 1. The van der Waals surface area contributed by atoms with Crippen LogP contribution in [0.25, 0.3) is 11.2 Å². The average molecular weight is 223 g/mol. The Labute approximate surface area is 90.5 Å². The highest BCUT2D eigenvalue weighted by molar-refractivity contribution is 5.69. The second-order valence-corrected chi connectivity index (χ2v) is 3.73. The van der Waals surface area contributed by atoms with Gasteiger partial charge in [-0.15, -0.1) is 0 Å². The molecule has 1 unspecified atom stereocenters. The van der Waals surface area contributed by atoms with Crippen LogP contribution in [0.15, 0.2) is 15.9 Å². The Bertz CT molecular complexity index is 635. The molecule has 0 aromatic carbocycles. The zero-order valence-electron chi connectivity index (χ0n) is 9.10. The molecule has 0 bridgehead atoms. The molecular weight excluding hydrogens is 210 g/mol. The third kappa shape index (κ3) is 1.36. The first-order chi connectivity index (χ1) is 7.56. The highest BCUT2D eigenvalue weighted by Gasteiger charge is 2.14. The van der Waals surface area contributed by atoms with E-state index >= 15 is 0 Å². The molecule has 0 fully saturated rings. The summed E-state index contributed by atoms with van der Waals surface area (Å²) in [5.74, 6) is 0. The first kappa shape index (κ1) is 10.6. The maximum Gasteiger partial charge on any atom is 0.329 e. The molecule has 0 radical (unpaired) electrons. The van der Waals surface area contributed by atoms with Gasteiger partial charge in [-0.2, -0.15) is 0 Å². The number of rotatable bonds is 2. The lowest BCUT2D eigenvalue weighted by atomic mass is 10.3. The Morgan fingerprint density at radius 1 is 1.56 bits per heavy atom. The summed E-state index contributed by atoms with van der Waals surface area (Å²) in [5, 5.41) is 0. The van der Waals surface area contributed by atoms with E-state index in [1.807, 2.05) is 6.92 Å². The van der Waals surface area contributed by atoms with Crippen LogP contribution in [0.2, 0.25) is 0 Å². The summed E-state index contributed by atoms with van der Waals surface area (Å²) in [6, 6.07) is -0.0383. The number of aryl methyl sites for hydroxylation is 1. The molecule has 0 aliphatic carbocycles. The fourth-order valence-corrected chi connectivity index (χ4v) is 1.60. The van der Waals surface area contributed by atoms with Crippen LogP contribution in [0.1, 0.15) is 13.0 Å². The summed E-state index contributed by atoms with van der Waals surface area (Å²) in [6.07, 6.45) is 1.52. The van der Waals surface area contributed by atoms with E-state index in [0.717, 1.165) is 0 Å². The van der Waals surface area contributed by atoms with Crippen molar-refractivity contribution < 1.29 is 0 Å². The maximum absolute atomic E-state index is 11.7. The summed E-state index contributed by atoms with van der Waals surface area (Å²) < 4.78 is 2.98. The van der Waals surface area contributed by atoms with Crippen molar-refractivity contribution in [3.05, 3.63) is 27.2 Å². The van der Waals surface area contributed by atoms with E-state index in [1.54, 1.807) is 11.6 Å².